The summed E-state index contributed by atoms with van der Waals surface area (Å²) in [5.41, 5.74) is 4.47. The molecule has 0 radical (unpaired) electrons. The highest BCUT2D eigenvalue weighted by molar-refractivity contribution is 6.33. The van der Waals surface area contributed by atoms with Crippen LogP contribution in [0.4, 0.5) is 5.69 Å². The van der Waals surface area contributed by atoms with Gasteiger partial charge in [0, 0.05) is 10.6 Å². The Morgan fingerprint density at radius 3 is 2.50 bits per heavy atom. The lowest BCUT2D eigenvalue weighted by atomic mass is 10.1. The van der Waals surface area contributed by atoms with Crippen LogP contribution in [0, 0.1) is 6.92 Å². The second kappa shape index (κ2) is 7.09. The summed E-state index contributed by atoms with van der Waals surface area (Å²) in [5.74, 6) is 0.137. The van der Waals surface area contributed by atoms with Crippen LogP contribution in [-0.2, 0) is 9.59 Å². The predicted molar refractivity (Wildman–Crippen MR) is 99.3 cm³/mol. The average Bonchev–Trinajstić information content (AvgIpc) is 2.92. The molecule has 134 valence electrons. The molecule has 1 N–H and O–H groups in total. The van der Waals surface area contributed by atoms with Gasteiger partial charge in [0.05, 0.1) is 19.9 Å². The van der Waals surface area contributed by atoms with Crippen molar-refractivity contribution in [1.82, 2.24) is 5.43 Å². The first kappa shape index (κ1) is 17.8. The Labute approximate surface area is 155 Å². The number of anilines is 1. The number of carbonyl (C=O) groups is 2. The normalized spacial score (nSPS) is 15.4. The summed E-state index contributed by atoms with van der Waals surface area (Å²) in [5, 5.41) is 1.68. The Bertz CT molecular complexity index is 924. The van der Waals surface area contributed by atoms with Crippen LogP contribution in [0.1, 0.15) is 11.1 Å². The minimum atomic E-state index is -0.503. The van der Waals surface area contributed by atoms with Crippen LogP contribution >= 0.6 is 11.6 Å². The molecule has 26 heavy (non-hydrogen) atoms. The van der Waals surface area contributed by atoms with Gasteiger partial charge >= 0.3 is 0 Å². The molecule has 7 heteroatoms. The van der Waals surface area contributed by atoms with Gasteiger partial charge in [-0.3, -0.25) is 15.0 Å². The lowest BCUT2D eigenvalue weighted by Crippen LogP contribution is -2.35. The van der Waals surface area contributed by atoms with Crippen molar-refractivity contribution >= 4 is 35.2 Å². The number of benzene rings is 2. The Kier molecular flexibility index (Phi) is 4.86. The van der Waals surface area contributed by atoms with Gasteiger partial charge in [-0.1, -0.05) is 17.7 Å². The average molecular weight is 373 g/mol. The molecule has 6 nitrogen and oxygen atoms in total. The minimum Gasteiger partial charge on any atom is -0.497 e. The van der Waals surface area contributed by atoms with Gasteiger partial charge in [0.15, 0.2) is 0 Å². The van der Waals surface area contributed by atoms with Crippen molar-refractivity contribution in [3.05, 3.63) is 58.1 Å². The third kappa shape index (κ3) is 3.23. The third-order valence-electron chi connectivity index (χ3n) is 4.04. The number of nitrogens with one attached hydrogen (secondary N) is 1. The standard InChI is InChI=1S/C19H17ClN2O4/c1-11-4-5-13(10-16(11)20)22-19(24)15(18(23)21-22)9-12-8-14(25-2)6-7-17(12)26-3/h4-10H,1-3H3,(H,21,23)/b15-9+. The molecule has 3 rings (SSSR count). The number of hydrazine groups is 1. The lowest BCUT2D eigenvalue weighted by Gasteiger charge is -2.15. The van der Waals surface area contributed by atoms with E-state index in [-0.39, 0.29) is 5.57 Å². The summed E-state index contributed by atoms with van der Waals surface area (Å²) in [6, 6.07) is 10.3. The first-order chi connectivity index (χ1) is 12.4. The summed E-state index contributed by atoms with van der Waals surface area (Å²) in [4.78, 5) is 25.1. The fourth-order valence-electron chi connectivity index (χ4n) is 2.57. The summed E-state index contributed by atoms with van der Waals surface area (Å²) in [6.45, 7) is 1.86. The van der Waals surface area contributed by atoms with E-state index in [1.54, 1.807) is 36.4 Å². The van der Waals surface area contributed by atoms with Crippen molar-refractivity contribution < 1.29 is 19.1 Å². The van der Waals surface area contributed by atoms with Crippen molar-refractivity contribution in [2.45, 2.75) is 6.92 Å². The summed E-state index contributed by atoms with van der Waals surface area (Å²) >= 11 is 6.12. The number of hydrogen-bond donors (Lipinski definition) is 1. The van der Waals surface area contributed by atoms with E-state index in [0.29, 0.717) is 27.8 Å². The molecule has 0 spiro atoms. The van der Waals surface area contributed by atoms with Crippen molar-refractivity contribution in [2.24, 2.45) is 0 Å². The zero-order valence-corrected chi connectivity index (χ0v) is 15.3. The maximum absolute atomic E-state index is 12.7. The first-order valence-electron chi connectivity index (χ1n) is 7.80. The Hall–Kier alpha value is -2.99. The molecule has 0 unspecified atom stereocenters. The quantitative estimate of drug-likeness (QED) is 0.661. The second-order valence-corrected chi connectivity index (χ2v) is 6.09. The van der Waals surface area contributed by atoms with Crippen molar-refractivity contribution in [3.63, 3.8) is 0 Å². The third-order valence-corrected chi connectivity index (χ3v) is 4.45. The minimum absolute atomic E-state index is 0.00625. The van der Waals surface area contributed by atoms with E-state index in [2.05, 4.69) is 5.43 Å². The summed E-state index contributed by atoms with van der Waals surface area (Å²) in [7, 11) is 3.05. The Balaban J connectivity index is 1.99. The van der Waals surface area contributed by atoms with Gasteiger partial charge in [0.25, 0.3) is 11.8 Å². The Morgan fingerprint density at radius 2 is 1.85 bits per heavy atom. The molecule has 0 atom stereocenters. The maximum atomic E-state index is 12.7. The number of halogens is 1. The molecule has 0 saturated carbocycles. The van der Waals surface area contributed by atoms with Crippen molar-refractivity contribution in [2.75, 3.05) is 19.2 Å². The number of nitrogens with zero attached hydrogens (tertiary/aromatic N) is 1. The van der Waals surface area contributed by atoms with Crippen molar-refractivity contribution in [3.8, 4) is 11.5 Å². The second-order valence-electron chi connectivity index (χ2n) is 5.68. The predicted octanol–water partition coefficient (Wildman–Crippen LogP) is 3.13. The van der Waals surface area contributed by atoms with Crippen LogP contribution in [-0.4, -0.2) is 26.0 Å². The van der Waals surface area contributed by atoms with E-state index >= 15 is 0 Å². The molecule has 0 aliphatic carbocycles. The summed E-state index contributed by atoms with van der Waals surface area (Å²) < 4.78 is 10.5. The number of aryl methyl sites for hydroxylation is 1. The van der Waals surface area contributed by atoms with Crippen LogP contribution in [0.3, 0.4) is 0 Å². The molecule has 1 heterocycles. The summed E-state index contributed by atoms with van der Waals surface area (Å²) in [6.07, 6.45) is 1.48. The monoisotopic (exact) mass is 372 g/mol. The van der Waals surface area contributed by atoms with Crippen LogP contribution in [0.15, 0.2) is 42.0 Å². The van der Waals surface area contributed by atoms with Gasteiger partial charge in [-0.15, -0.1) is 0 Å². The number of carbonyl (C=O) groups excluding carboxylic acids is 2. The molecule has 0 bridgehead atoms. The number of hydrogen-bond acceptors (Lipinski definition) is 4. The van der Waals surface area contributed by atoms with E-state index in [1.807, 2.05) is 6.92 Å². The van der Waals surface area contributed by atoms with E-state index in [4.69, 9.17) is 21.1 Å². The zero-order valence-electron chi connectivity index (χ0n) is 14.5. The van der Waals surface area contributed by atoms with E-state index in [1.165, 1.54) is 25.3 Å². The molecule has 1 aliphatic heterocycles. The SMILES string of the molecule is COc1ccc(OC)c(/C=C2\C(=O)NN(c3ccc(C)c(Cl)c3)C2=O)c1. The molecule has 1 fully saturated rings. The molecule has 0 aromatic heterocycles. The molecular weight excluding hydrogens is 356 g/mol. The Morgan fingerprint density at radius 1 is 1.08 bits per heavy atom. The van der Waals surface area contributed by atoms with Crippen LogP contribution in [0.5, 0.6) is 11.5 Å². The number of amides is 2. The molecule has 2 amide bonds. The number of methoxy groups -OCH3 is 2. The largest absolute Gasteiger partial charge is 0.497 e. The molecule has 1 aliphatic rings. The van der Waals surface area contributed by atoms with Crippen LogP contribution in [0.25, 0.3) is 6.08 Å². The van der Waals surface area contributed by atoms with Gasteiger partial charge in [-0.05, 0) is 48.9 Å². The van der Waals surface area contributed by atoms with Gasteiger partial charge in [-0.25, -0.2) is 5.01 Å². The van der Waals surface area contributed by atoms with E-state index < -0.39 is 11.8 Å². The molecule has 2 aromatic carbocycles. The van der Waals surface area contributed by atoms with Gasteiger partial charge in [-0.2, -0.15) is 0 Å². The highest BCUT2D eigenvalue weighted by atomic mass is 35.5. The highest BCUT2D eigenvalue weighted by Gasteiger charge is 2.34. The smallest absolute Gasteiger partial charge is 0.282 e. The van der Waals surface area contributed by atoms with E-state index in [0.717, 1.165) is 5.56 Å². The maximum Gasteiger partial charge on any atom is 0.282 e. The first-order valence-corrected chi connectivity index (χ1v) is 8.17. The van der Waals surface area contributed by atoms with Gasteiger partial charge in [0.1, 0.15) is 17.1 Å². The zero-order chi connectivity index (χ0) is 18.8. The fraction of sp³-hybridized carbons (Fsp3) is 0.158. The number of rotatable bonds is 4. The molecule has 2 aromatic rings. The highest BCUT2D eigenvalue weighted by Crippen LogP contribution is 2.29. The molecular formula is C19H17ClN2O4. The molecule has 1 saturated heterocycles. The topological polar surface area (TPSA) is 67.9 Å². The van der Waals surface area contributed by atoms with Crippen molar-refractivity contribution in [1.29, 1.82) is 0 Å². The van der Waals surface area contributed by atoms with Crippen LogP contribution < -0.4 is 19.9 Å². The number of ether oxygens (including phenoxy) is 2. The van der Waals surface area contributed by atoms with E-state index in [9.17, 15) is 9.59 Å². The fourth-order valence-corrected chi connectivity index (χ4v) is 2.74. The van der Waals surface area contributed by atoms with Crippen LogP contribution in [0.2, 0.25) is 5.02 Å². The van der Waals surface area contributed by atoms with Gasteiger partial charge < -0.3 is 9.47 Å². The van der Waals surface area contributed by atoms with Gasteiger partial charge in [0.2, 0.25) is 0 Å². The lowest BCUT2D eigenvalue weighted by molar-refractivity contribution is -0.117.